The fraction of sp³-hybridized carbons (Fsp3) is 0.258. The van der Waals surface area contributed by atoms with Crippen LogP contribution < -0.4 is 21.0 Å². The van der Waals surface area contributed by atoms with Crippen LogP contribution in [0, 0.1) is 0 Å². The summed E-state index contributed by atoms with van der Waals surface area (Å²) in [6, 6.07) is 63.6. The van der Waals surface area contributed by atoms with E-state index in [1.807, 2.05) is 0 Å². The van der Waals surface area contributed by atoms with Crippen LogP contribution in [0.1, 0.15) is 105 Å². The highest BCUT2D eigenvalue weighted by molar-refractivity contribution is 7.19. The molecule has 0 fully saturated rings. The number of para-hydroxylation sites is 4. The Hall–Kier alpha value is -6.56. The fourth-order valence-corrected chi connectivity index (χ4v) is 14.7. The first-order chi connectivity index (χ1) is 31.7. The number of pyridine rings is 2. The predicted octanol–water partition coefficient (Wildman–Crippen LogP) is 13.2. The molecule has 0 saturated carbocycles. The van der Waals surface area contributed by atoms with Gasteiger partial charge >= 0.3 is 0 Å². The van der Waals surface area contributed by atoms with Gasteiger partial charge in [-0.05, 0) is 103 Å². The Labute approximate surface area is 398 Å². The van der Waals surface area contributed by atoms with Gasteiger partial charge in [0.2, 0.25) is 8.07 Å². The standard InChI is InChI=1S/C62H64N4Si/c1-59(2,3)41-35-42(60(4,5)6)38-45(37-41)67(46-39-43(61(7,8)9)36-44(40-46)62(10,11)12,57-33-21-31-55(63-57)65-51-27-17-13-23-47(51)48-24-14-18-28-52(48)65)58-34-22-32-56(64-58)66-53-29-19-15-25-49(53)50-26-16-20-30-54(50)66/h13-40H,1-12H3. The van der Waals surface area contributed by atoms with Gasteiger partial charge in [-0.15, -0.1) is 0 Å². The number of nitrogens with zero attached hydrogens (tertiary/aromatic N) is 4. The molecule has 4 nitrogen and oxygen atoms in total. The van der Waals surface area contributed by atoms with Crippen molar-refractivity contribution in [3.63, 3.8) is 0 Å². The van der Waals surface area contributed by atoms with Crippen molar-refractivity contribution >= 4 is 72.7 Å². The van der Waals surface area contributed by atoms with Crippen molar-refractivity contribution in [2.45, 2.75) is 105 Å². The number of hydrogen-bond acceptors (Lipinski definition) is 2. The van der Waals surface area contributed by atoms with Gasteiger partial charge in [-0.1, -0.05) is 204 Å². The monoisotopic (exact) mass is 892 g/mol. The maximum Gasteiger partial charge on any atom is 0.223 e. The quantitative estimate of drug-likeness (QED) is 0.156. The summed E-state index contributed by atoms with van der Waals surface area (Å²) in [5.41, 5.74) is 9.30. The predicted molar refractivity (Wildman–Crippen MR) is 289 cm³/mol. The van der Waals surface area contributed by atoms with E-state index in [2.05, 4.69) is 262 Å². The van der Waals surface area contributed by atoms with Gasteiger partial charge in [0, 0.05) is 32.2 Å². The third-order valence-corrected chi connectivity index (χ3v) is 18.5. The van der Waals surface area contributed by atoms with Crippen molar-refractivity contribution in [1.29, 1.82) is 0 Å². The largest absolute Gasteiger partial charge is 0.294 e. The van der Waals surface area contributed by atoms with E-state index in [1.54, 1.807) is 0 Å². The van der Waals surface area contributed by atoms with E-state index in [4.69, 9.17) is 9.97 Å². The van der Waals surface area contributed by atoms with Crippen molar-refractivity contribution in [2.24, 2.45) is 0 Å². The van der Waals surface area contributed by atoms with E-state index in [-0.39, 0.29) is 21.7 Å². The molecule has 0 saturated heterocycles. The molecule has 10 rings (SSSR count). The van der Waals surface area contributed by atoms with Crippen molar-refractivity contribution < 1.29 is 0 Å². The summed E-state index contributed by atoms with van der Waals surface area (Å²) < 4.78 is 4.74. The van der Waals surface area contributed by atoms with E-state index >= 15 is 0 Å². The minimum atomic E-state index is -3.55. The van der Waals surface area contributed by atoms with Crippen LogP contribution in [0.25, 0.3) is 55.2 Å². The van der Waals surface area contributed by atoms with Crippen molar-refractivity contribution in [1.82, 2.24) is 19.1 Å². The Kier molecular flexibility index (Phi) is 10.4. The SMILES string of the molecule is CC(C)(C)c1cc(C(C)(C)C)cc([Si](c2cc(C(C)(C)C)cc(C(C)(C)C)c2)(c2cccc(-n3c4ccccc4c4ccccc43)n2)c2cccc(-n3c4ccccc4c4ccccc43)n2)c1. The van der Waals surface area contributed by atoms with E-state index in [0.29, 0.717) is 0 Å². The van der Waals surface area contributed by atoms with E-state index in [0.717, 1.165) is 44.3 Å². The third kappa shape index (κ3) is 7.52. The number of aromatic nitrogens is 4. The Balaban J connectivity index is 1.41. The minimum absolute atomic E-state index is 0.128. The lowest BCUT2D eigenvalue weighted by molar-refractivity contribution is 0.569. The molecule has 0 aliphatic rings. The molecule has 0 aliphatic carbocycles. The van der Waals surface area contributed by atoms with Gasteiger partial charge < -0.3 is 0 Å². The highest BCUT2D eigenvalue weighted by Gasteiger charge is 2.47. The lowest BCUT2D eigenvalue weighted by Gasteiger charge is -2.37. The smallest absolute Gasteiger partial charge is 0.223 e. The number of fused-ring (bicyclic) bond motifs is 6. The zero-order valence-corrected chi connectivity index (χ0v) is 42.5. The summed E-state index contributed by atoms with van der Waals surface area (Å²) in [5, 5.41) is 9.55. The molecule has 0 aliphatic heterocycles. The van der Waals surface area contributed by atoms with E-state index < -0.39 is 8.07 Å². The maximum atomic E-state index is 6.05. The van der Waals surface area contributed by atoms with E-state index in [1.165, 1.54) is 54.2 Å². The maximum absolute atomic E-state index is 6.05. The van der Waals surface area contributed by atoms with Gasteiger partial charge in [0.15, 0.2) is 0 Å². The summed E-state index contributed by atoms with van der Waals surface area (Å²) in [6.07, 6.45) is 0. The molecule has 336 valence electrons. The molecule has 5 heteroatoms. The highest BCUT2D eigenvalue weighted by atomic mass is 28.3. The van der Waals surface area contributed by atoms with Crippen molar-refractivity contribution in [3.05, 3.63) is 192 Å². The number of hydrogen-bond donors (Lipinski definition) is 0. The molecule has 0 radical (unpaired) electrons. The lowest BCUT2D eigenvalue weighted by Crippen LogP contribution is -2.76. The first-order valence-corrected chi connectivity index (χ1v) is 26.0. The van der Waals surface area contributed by atoms with Gasteiger partial charge in [-0.25, -0.2) is 9.97 Å². The van der Waals surface area contributed by atoms with Gasteiger partial charge in [0.25, 0.3) is 0 Å². The molecule has 0 amide bonds. The third-order valence-electron chi connectivity index (χ3n) is 14.1. The molecule has 0 atom stereocenters. The molecule has 10 aromatic rings. The van der Waals surface area contributed by atoms with Gasteiger partial charge in [-0.3, -0.25) is 9.13 Å². The van der Waals surface area contributed by atoms with Crippen LogP contribution in [0.2, 0.25) is 0 Å². The average Bonchev–Trinajstić information content (AvgIpc) is 3.81. The summed E-state index contributed by atoms with van der Waals surface area (Å²) in [4.78, 5) is 12.1. The van der Waals surface area contributed by atoms with E-state index in [9.17, 15) is 0 Å². The van der Waals surface area contributed by atoms with Crippen LogP contribution in [-0.4, -0.2) is 27.2 Å². The minimum Gasteiger partial charge on any atom is -0.294 e. The van der Waals surface area contributed by atoms with Crippen molar-refractivity contribution in [3.8, 4) is 11.6 Å². The molecule has 0 unspecified atom stereocenters. The number of benzene rings is 6. The van der Waals surface area contributed by atoms with Crippen LogP contribution in [-0.2, 0) is 21.7 Å². The molecule has 6 aromatic carbocycles. The second-order valence-electron chi connectivity index (χ2n) is 22.8. The molecule has 4 heterocycles. The fourth-order valence-electron chi connectivity index (χ4n) is 10.2. The highest BCUT2D eigenvalue weighted by Crippen LogP contribution is 2.35. The molecular formula is C62H64N4Si. The Morgan fingerprint density at radius 3 is 0.851 bits per heavy atom. The van der Waals surface area contributed by atoms with Gasteiger partial charge in [0.05, 0.1) is 22.1 Å². The zero-order valence-electron chi connectivity index (χ0n) is 41.5. The van der Waals surface area contributed by atoms with Crippen LogP contribution >= 0.6 is 0 Å². The first kappa shape index (κ1) is 44.3. The Bertz CT molecular complexity index is 3110. The lowest BCUT2D eigenvalue weighted by atomic mass is 9.81. The molecular weight excluding hydrogens is 829 g/mol. The molecule has 4 aromatic heterocycles. The van der Waals surface area contributed by atoms with Crippen LogP contribution in [0.5, 0.6) is 0 Å². The second-order valence-corrected chi connectivity index (χ2v) is 26.5. The van der Waals surface area contributed by atoms with Gasteiger partial charge in [0.1, 0.15) is 11.6 Å². The van der Waals surface area contributed by atoms with Crippen LogP contribution in [0.4, 0.5) is 0 Å². The normalized spacial score (nSPS) is 13.1. The molecule has 0 bridgehead atoms. The summed E-state index contributed by atoms with van der Waals surface area (Å²) in [7, 11) is -3.55. The topological polar surface area (TPSA) is 35.6 Å². The average molecular weight is 893 g/mol. The first-order valence-electron chi connectivity index (χ1n) is 24.0. The van der Waals surface area contributed by atoms with Crippen LogP contribution in [0.3, 0.4) is 0 Å². The van der Waals surface area contributed by atoms with Crippen molar-refractivity contribution in [2.75, 3.05) is 0 Å². The molecule has 0 N–H and O–H groups in total. The Morgan fingerprint density at radius 1 is 0.313 bits per heavy atom. The summed E-state index contributed by atoms with van der Waals surface area (Å²) in [6.45, 7) is 28.2. The summed E-state index contributed by atoms with van der Waals surface area (Å²) >= 11 is 0. The summed E-state index contributed by atoms with van der Waals surface area (Å²) in [5.74, 6) is 1.80. The Morgan fingerprint density at radius 2 is 0.582 bits per heavy atom. The van der Waals surface area contributed by atoms with Gasteiger partial charge in [-0.2, -0.15) is 0 Å². The molecule has 67 heavy (non-hydrogen) atoms. The number of rotatable bonds is 6. The van der Waals surface area contributed by atoms with Crippen LogP contribution in [0.15, 0.2) is 170 Å². The second kappa shape index (κ2) is 15.8. The zero-order chi connectivity index (χ0) is 47.3. The molecule has 0 spiro atoms.